The first-order valence-corrected chi connectivity index (χ1v) is 10.7. The maximum atomic E-state index is 12.5. The largest absolute Gasteiger partial charge is 0.280 e. The maximum absolute atomic E-state index is 12.5. The van der Waals surface area contributed by atoms with Crippen LogP contribution in [0.25, 0.3) is 0 Å². The third-order valence-corrected chi connectivity index (χ3v) is 7.27. The van der Waals surface area contributed by atoms with Crippen molar-refractivity contribution in [1.29, 1.82) is 0 Å². The number of rotatable bonds is 6. The highest BCUT2D eigenvalue weighted by molar-refractivity contribution is 7.92. The first kappa shape index (κ1) is 21.1. The lowest BCUT2D eigenvalue weighted by molar-refractivity contribution is -0.385. The Labute approximate surface area is 161 Å². The van der Waals surface area contributed by atoms with E-state index in [2.05, 4.69) is 4.72 Å². The topological polar surface area (TPSA) is 127 Å². The molecule has 0 fully saturated rings. The lowest BCUT2D eigenvalue weighted by Crippen LogP contribution is -2.22. The van der Waals surface area contributed by atoms with Gasteiger partial charge < -0.3 is 0 Å². The van der Waals surface area contributed by atoms with Gasteiger partial charge in [-0.25, -0.2) is 21.1 Å². The number of nitro groups is 1. The molecule has 0 saturated heterocycles. The van der Waals surface area contributed by atoms with Crippen LogP contribution in [0.3, 0.4) is 0 Å². The van der Waals surface area contributed by atoms with Crippen LogP contribution >= 0.6 is 11.6 Å². The predicted octanol–water partition coefficient (Wildman–Crippen LogP) is 2.61. The van der Waals surface area contributed by atoms with Crippen LogP contribution in [-0.4, -0.2) is 40.2 Å². The predicted molar refractivity (Wildman–Crippen MR) is 101 cm³/mol. The van der Waals surface area contributed by atoms with Crippen molar-refractivity contribution in [3.8, 4) is 0 Å². The minimum absolute atomic E-state index is 0.00975. The Morgan fingerprint density at radius 3 is 2.07 bits per heavy atom. The van der Waals surface area contributed by atoms with Gasteiger partial charge in [0.15, 0.2) is 0 Å². The van der Waals surface area contributed by atoms with E-state index < -0.39 is 30.7 Å². The van der Waals surface area contributed by atoms with Crippen LogP contribution in [0.4, 0.5) is 11.4 Å². The van der Waals surface area contributed by atoms with Gasteiger partial charge in [0.05, 0.1) is 19.7 Å². The molecule has 0 saturated carbocycles. The summed E-state index contributed by atoms with van der Waals surface area (Å²) >= 11 is 5.90. The monoisotopic (exact) mass is 433 g/mol. The van der Waals surface area contributed by atoms with Gasteiger partial charge in [-0.2, -0.15) is 0 Å². The third kappa shape index (κ3) is 4.38. The Morgan fingerprint density at radius 1 is 1.04 bits per heavy atom. The molecule has 12 heteroatoms. The molecule has 0 aliphatic heterocycles. The summed E-state index contributed by atoms with van der Waals surface area (Å²) in [5.74, 6) is 0. The fourth-order valence-electron chi connectivity index (χ4n) is 2.10. The van der Waals surface area contributed by atoms with Gasteiger partial charge in [0.1, 0.15) is 0 Å². The summed E-state index contributed by atoms with van der Waals surface area (Å²) in [7, 11) is -5.07. The van der Waals surface area contributed by atoms with Gasteiger partial charge in [0.2, 0.25) is 10.0 Å². The summed E-state index contributed by atoms with van der Waals surface area (Å²) in [6, 6.07) is 7.07. The highest BCUT2D eigenvalue weighted by Crippen LogP contribution is 2.30. The molecule has 2 aromatic carbocycles. The van der Waals surface area contributed by atoms with Gasteiger partial charge in [0.25, 0.3) is 15.7 Å². The number of benzene rings is 2. The van der Waals surface area contributed by atoms with Crippen LogP contribution in [-0.2, 0) is 20.0 Å². The third-order valence-electron chi connectivity index (χ3n) is 3.68. The zero-order valence-electron chi connectivity index (χ0n) is 14.5. The number of hydrogen-bond donors (Lipinski definition) is 1. The van der Waals surface area contributed by atoms with E-state index in [1.54, 1.807) is 0 Å². The van der Waals surface area contributed by atoms with Crippen LogP contribution in [0.15, 0.2) is 46.2 Å². The van der Waals surface area contributed by atoms with Gasteiger partial charge in [-0.15, -0.1) is 0 Å². The van der Waals surface area contributed by atoms with Crippen LogP contribution in [0.2, 0.25) is 5.02 Å². The molecule has 0 radical (unpaired) electrons. The molecule has 0 atom stereocenters. The summed E-state index contributed by atoms with van der Waals surface area (Å²) in [4.78, 5) is 9.96. The number of sulfonamides is 2. The molecule has 0 unspecified atom stereocenters. The smallest absolute Gasteiger partial charge is 0.275 e. The number of halogens is 1. The van der Waals surface area contributed by atoms with Crippen LogP contribution in [0.5, 0.6) is 0 Å². The molecule has 0 bridgehead atoms. The van der Waals surface area contributed by atoms with E-state index in [4.69, 9.17) is 11.6 Å². The number of nitrogens with zero attached hydrogens (tertiary/aromatic N) is 2. The summed E-state index contributed by atoms with van der Waals surface area (Å²) in [5, 5.41) is 11.0. The van der Waals surface area contributed by atoms with Crippen molar-refractivity contribution >= 4 is 43.0 Å². The van der Waals surface area contributed by atoms with Gasteiger partial charge >= 0.3 is 0 Å². The highest BCUT2D eigenvalue weighted by Gasteiger charge is 2.23. The molecule has 27 heavy (non-hydrogen) atoms. The van der Waals surface area contributed by atoms with Crippen LogP contribution in [0.1, 0.15) is 5.56 Å². The van der Waals surface area contributed by atoms with Crippen molar-refractivity contribution in [3.63, 3.8) is 0 Å². The molecule has 2 aromatic rings. The zero-order chi connectivity index (χ0) is 20.6. The SMILES string of the molecule is Cc1c(Cl)cc(S(=O)(=O)Nc2ccc(S(=O)(=O)N(C)C)cc2)cc1[N+](=O)[O-]. The maximum Gasteiger partial charge on any atom is 0.275 e. The van der Waals surface area contributed by atoms with Crippen molar-refractivity contribution in [2.24, 2.45) is 0 Å². The van der Waals surface area contributed by atoms with Gasteiger partial charge in [0, 0.05) is 31.4 Å². The second-order valence-corrected chi connectivity index (χ2v) is 9.97. The molecule has 146 valence electrons. The van der Waals surface area contributed by atoms with E-state index in [-0.39, 0.29) is 26.1 Å². The molecule has 0 spiro atoms. The Balaban J connectivity index is 2.39. The molecule has 0 aromatic heterocycles. The zero-order valence-corrected chi connectivity index (χ0v) is 16.9. The van der Waals surface area contributed by atoms with Crippen molar-refractivity contribution in [2.45, 2.75) is 16.7 Å². The summed E-state index contributed by atoms with van der Waals surface area (Å²) in [6.07, 6.45) is 0. The first-order chi connectivity index (χ1) is 12.4. The van der Waals surface area contributed by atoms with Crippen LogP contribution in [0, 0.1) is 17.0 Å². The molecular formula is C15H16ClN3O6S2. The van der Waals surface area contributed by atoms with Crippen molar-refractivity contribution in [1.82, 2.24) is 4.31 Å². The minimum atomic E-state index is -4.17. The van der Waals surface area contributed by atoms with E-state index in [1.165, 1.54) is 45.3 Å². The van der Waals surface area contributed by atoms with Gasteiger partial charge in [-0.3, -0.25) is 14.8 Å². The number of nitrogens with one attached hydrogen (secondary N) is 1. The first-order valence-electron chi connectivity index (χ1n) is 7.36. The average Bonchev–Trinajstić information content (AvgIpc) is 2.56. The molecular weight excluding hydrogens is 418 g/mol. The Bertz CT molecular complexity index is 1100. The van der Waals surface area contributed by atoms with E-state index in [1.807, 2.05) is 0 Å². The highest BCUT2D eigenvalue weighted by atomic mass is 35.5. The Morgan fingerprint density at radius 2 is 1.59 bits per heavy atom. The molecule has 0 amide bonds. The van der Waals surface area contributed by atoms with Crippen molar-refractivity contribution < 1.29 is 21.8 Å². The van der Waals surface area contributed by atoms with Gasteiger partial charge in [-0.05, 0) is 37.3 Å². The minimum Gasteiger partial charge on any atom is -0.280 e. The van der Waals surface area contributed by atoms with E-state index >= 15 is 0 Å². The summed E-state index contributed by atoms with van der Waals surface area (Å²) in [5.41, 5.74) is -0.179. The number of nitro benzene ring substituents is 1. The molecule has 1 N–H and O–H groups in total. The second kappa shape index (κ2) is 7.43. The lowest BCUT2D eigenvalue weighted by atomic mass is 10.2. The Kier molecular flexibility index (Phi) is 5.80. The normalized spacial score (nSPS) is 12.2. The standard InChI is InChI=1S/C15H16ClN3O6S2/c1-10-14(16)8-13(9-15(10)19(20)21)26(22,23)17-11-4-6-12(7-5-11)27(24,25)18(2)3/h4-9,17H,1-3H3. The molecule has 0 aliphatic carbocycles. The molecule has 0 heterocycles. The molecule has 0 aliphatic rings. The average molecular weight is 434 g/mol. The lowest BCUT2D eigenvalue weighted by Gasteiger charge is -2.13. The number of anilines is 1. The Hall–Kier alpha value is -2.21. The van der Waals surface area contributed by atoms with E-state index in [0.717, 1.165) is 16.4 Å². The van der Waals surface area contributed by atoms with Crippen molar-refractivity contribution in [2.75, 3.05) is 18.8 Å². The quantitative estimate of drug-likeness (QED) is 0.551. The van der Waals surface area contributed by atoms with Crippen molar-refractivity contribution in [3.05, 3.63) is 57.1 Å². The second-order valence-electron chi connectivity index (χ2n) is 5.72. The van der Waals surface area contributed by atoms with Gasteiger partial charge in [-0.1, -0.05) is 11.6 Å². The fourth-order valence-corrected chi connectivity index (χ4v) is 4.39. The fraction of sp³-hybridized carbons (Fsp3) is 0.200. The van der Waals surface area contributed by atoms with Crippen LogP contribution < -0.4 is 4.72 Å². The number of hydrogen-bond acceptors (Lipinski definition) is 6. The molecule has 9 nitrogen and oxygen atoms in total. The summed E-state index contributed by atoms with van der Waals surface area (Å²) < 4.78 is 52.3. The van der Waals surface area contributed by atoms with E-state index in [9.17, 15) is 26.9 Å². The molecule has 2 rings (SSSR count). The summed E-state index contributed by atoms with van der Waals surface area (Å²) in [6.45, 7) is 1.41. The van der Waals surface area contributed by atoms with E-state index in [0.29, 0.717) is 0 Å².